The molecule has 0 aromatic rings. The van der Waals surface area contributed by atoms with Crippen LogP contribution in [0.2, 0.25) is 0 Å². The first kappa shape index (κ1) is 11.1. The minimum absolute atomic E-state index is 0.318. The maximum atomic E-state index is 5.94. The number of fused-ring (bicyclic) bond motifs is 1. The minimum atomic E-state index is 0.318. The van der Waals surface area contributed by atoms with Crippen molar-refractivity contribution in [3.05, 3.63) is 0 Å². The van der Waals surface area contributed by atoms with Crippen molar-refractivity contribution < 1.29 is 4.74 Å². The van der Waals surface area contributed by atoms with Gasteiger partial charge in [-0.1, -0.05) is 27.2 Å². The van der Waals surface area contributed by atoms with Crippen molar-refractivity contribution in [2.75, 3.05) is 6.61 Å². The van der Waals surface area contributed by atoms with Crippen LogP contribution < -0.4 is 0 Å². The Morgan fingerprint density at radius 3 is 2.38 bits per heavy atom. The Kier molecular flexibility index (Phi) is 2.25. The van der Waals surface area contributed by atoms with E-state index in [9.17, 15) is 0 Å². The van der Waals surface area contributed by atoms with Crippen LogP contribution in [-0.4, -0.2) is 12.2 Å². The maximum absolute atomic E-state index is 5.94. The Labute approximate surface area is 99.9 Å². The third-order valence-corrected chi connectivity index (χ3v) is 5.93. The Balaban J connectivity index is 1.85. The summed E-state index contributed by atoms with van der Waals surface area (Å²) in [6.07, 6.45) is 9.70. The van der Waals surface area contributed by atoms with Gasteiger partial charge in [-0.25, -0.2) is 0 Å². The van der Waals surface area contributed by atoms with E-state index < -0.39 is 0 Å². The molecule has 0 amide bonds. The first-order valence-corrected chi connectivity index (χ1v) is 7.10. The highest BCUT2D eigenvalue weighted by atomic mass is 16.5. The largest absolute Gasteiger partial charge is 0.375 e. The average Bonchev–Trinajstić information content (AvgIpc) is 2.13. The second kappa shape index (κ2) is 3.25. The fourth-order valence-electron chi connectivity index (χ4n) is 5.15. The van der Waals surface area contributed by atoms with Crippen molar-refractivity contribution in [2.24, 2.45) is 16.7 Å². The summed E-state index contributed by atoms with van der Waals surface area (Å²) < 4.78 is 5.94. The van der Waals surface area contributed by atoms with Gasteiger partial charge in [0.05, 0.1) is 12.2 Å². The van der Waals surface area contributed by atoms with Crippen LogP contribution in [0.4, 0.5) is 0 Å². The monoisotopic (exact) mass is 222 g/mol. The predicted octanol–water partition coefficient (Wildman–Crippen LogP) is 4.16. The lowest BCUT2D eigenvalue weighted by Gasteiger charge is -2.60. The summed E-state index contributed by atoms with van der Waals surface area (Å²) in [5, 5.41) is 0. The van der Waals surface area contributed by atoms with E-state index in [1.54, 1.807) is 0 Å². The summed E-state index contributed by atoms with van der Waals surface area (Å²) in [6, 6.07) is 0. The number of hydrogen-bond acceptors (Lipinski definition) is 1. The van der Waals surface area contributed by atoms with E-state index in [4.69, 9.17) is 4.74 Å². The van der Waals surface area contributed by atoms with Gasteiger partial charge in [-0.05, 0) is 55.3 Å². The van der Waals surface area contributed by atoms with E-state index in [-0.39, 0.29) is 0 Å². The Bertz CT molecular complexity index is 290. The first-order valence-electron chi connectivity index (χ1n) is 7.10. The summed E-state index contributed by atoms with van der Waals surface area (Å²) in [7, 11) is 0. The molecule has 0 radical (unpaired) electrons. The summed E-state index contributed by atoms with van der Waals surface area (Å²) in [5.41, 5.74) is 1.46. The molecule has 3 aliphatic rings. The summed E-state index contributed by atoms with van der Waals surface area (Å²) >= 11 is 0. The molecular weight excluding hydrogens is 196 g/mol. The van der Waals surface area contributed by atoms with Gasteiger partial charge in [-0.3, -0.25) is 0 Å². The van der Waals surface area contributed by atoms with Crippen LogP contribution in [0.1, 0.15) is 65.7 Å². The Morgan fingerprint density at radius 1 is 1.00 bits per heavy atom. The molecule has 3 fully saturated rings. The van der Waals surface area contributed by atoms with Gasteiger partial charge in [0, 0.05) is 0 Å². The third kappa shape index (κ3) is 1.47. The van der Waals surface area contributed by atoms with E-state index in [0.717, 1.165) is 12.5 Å². The van der Waals surface area contributed by atoms with Gasteiger partial charge in [0.2, 0.25) is 0 Å². The molecule has 92 valence electrons. The summed E-state index contributed by atoms with van der Waals surface area (Å²) in [5.74, 6) is 0.934. The molecule has 1 heteroatoms. The SMILES string of the molecule is CC1(C)CCC[C@]2(C)C[C@@]3(CCO3)CC[C@@H]12. The standard InChI is InChI=1S/C15H26O/c1-13(2)6-4-7-14(3)11-15(9-10-16-15)8-5-12(13)14/h12H,4-11H2,1-3H3/t12-,14+,15-/m0/s1. The fourth-order valence-corrected chi connectivity index (χ4v) is 5.15. The highest BCUT2D eigenvalue weighted by molar-refractivity contribution is 5.06. The van der Waals surface area contributed by atoms with Crippen molar-refractivity contribution in [1.29, 1.82) is 0 Å². The smallest absolute Gasteiger partial charge is 0.0709 e. The van der Waals surface area contributed by atoms with Gasteiger partial charge in [-0.15, -0.1) is 0 Å². The van der Waals surface area contributed by atoms with Crippen LogP contribution in [0.15, 0.2) is 0 Å². The van der Waals surface area contributed by atoms with Gasteiger partial charge in [0.1, 0.15) is 0 Å². The zero-order chi connectivity index (χ0) is 11.4. The van der Waals surface area contributed by atoms with Crippen molar-refractivity contribution in [1.82, 2.24) is 0 Å². The molecule has 0 unspecified atom stereocenters. The van der Waals surface area contributed by atoms with Gasteiger partial charge in [0.25, 0.3) is 0 Å². The molecule has 3 atom stereocenters. The number of ether oxygens (including phenoxy) is 1. The molecule has 0 N–H and O–H groups in total. The zero-order valence-electron chi connectivity index (χ0n) is 11.1. The Hall–Kier alpha value is -0.0400. The van der Waals surface area contributed by atoms with Crippen LogP contribution in [0.3, 0.4) is 0 Å². The van der Waals surface area contributed by atoms with E-state index >= 15 is 0 Å². The molecule has 3 rings (SSSR count). The van der Waals surface area contributed by atoms with Crippen LogP contribution >= 0.6 is 0 Å². The number of hydrogen-bond donors (Lipinski definition) is 0. The lowest BCUT2D eigenvalue weighted by molar-refractivity contribution is -0.213. The molecule has 1 spiro atoms. The maximum Gasteiger partial charge on any atom is 0.0709 e. The van der Waals surface area contributed by atoms with E-state index in [1.165, 1.54) is 44.9 Å². The summed E-state index contributed by atoms with van der Waals surface area (Å²) in [4.78, 5) is 0. The van der Waals surface area contributed by atoms with Gasteiger partial charge >= 0.3 is 0 Å². The quantitative estimate of drug-likeness (QED) is 0.598. The first-order chi connectivity index (χ1) is 7.46. The normalized spacial score (nSPS) is 50.8. The second-order valence-corrected chi connectivity index (χ2v) is 7.55. The van der Waals surface area contributed by atoms with E-state index in [2.05, 4.69) is 20.8 Å². The molecule has 1 nitrogen and oxygen atoms in total. The van der Waals surface area contributed by atoms with Crippen LogP contribution in [-0.2, 0) is 4.74 Å². The highest BCUT2D eigenvalue weighted by Gasteiger charge is 2.55. The zero-order valence-corrected chi connectivity index (χ0v) is 11.1. The average molecular weight is 222 g/mol. The molecule has 1 aliphatic heterocycles. The molecule has 0 aromatic carbocycles. The second-order valence-electron chi connectivity index (χ2n) is 7.55. The van der Waals surface area contributed by atoms with E-state index in [1.807, 2.05) is 0 Å². The molecule has 1 heterocycles. The van der Waals surface area contributed by atoms with Crippen LogP contribution in [0.25, 0.3) is 0 Å². The van der Waals surface area contributed by atoms with Crippen molar-refractivity contribution in [3.63, 3.8) is 0 Å². The highest BCUT2D eigenvalue weighted by Crippen LogP contribution is 2.61. The molecule has 1 saturated heterocycles. The van der Waals surface area contributed by atoms with Gasteiger partial charge in [-0.2, -0.15) is 0 Å². The third-order valence-electron chi connectivity index (χ3n) is 5.93. The molecule has 2 saturated carbocycles. The summed E-state index contributed by atoms with van der Waals surface area (Å²) in [6.45, 7) is 8.55. The predicted molar refractivity (Wildman–Crippen MR) is 66.4 cm³/mol. The Morgan fingerprint density at radius 2 is 1.75 bits per heavy atom. The van der Waals surface area contributed by atoms with Gasteiger partial charge < -0.3 is 4.74 Å². The molecule has 0 bridgehead atoms. The van der Waals surface area contributed by atoms with Crippen molar-refractivity contribution in [2.45, 2.75) is 71.3 Å². The lowest BCUT2D eigenvalue weighted by atomic mass is 9.49. The van der Waals surface area contributed by atoms with E-state index in [0.29, 0.717) is 16.4 Å². The topological polar surface area (TPSA) is 9.23 Å². The van der Waals surface area contributed by atoms with Crippen LogP contribution in [0, 0.1) is 16.7 Å². The van der Waals surface area contributed by atoms with Gasteiger partial charge in [0.15, 0.2) is 0 Å². The minimum Gasteiger partial charge on any atom is -0.375 e. The molecule has 16 heavy (non-hydrogen) atoms. The lowest BCUT2D eigenvalue weighted by Crippen LogP contribution is -2.56. The molecule has 0 aromatic heterocycles. The number of rotatable bonds is 0. The molecule has 2 aliphatic carbocycles. The fraction of sp³-hybridized carbons (Fsp3) is 1.00. The van der Waals surface area contributed by atoms with Crippen molar-refractivity contribution in [3.8, 4) is 0 Å². The molecular formula is C15H26O. The van der Waals surface area contributed by atoms with Crippen LogP contribution in [0.5, 0.6) is 0 Å². The van der Waals surface area contributed by atoms with Crippen molar-refractivity contribution >= 4 is 0 Å².